The van der Waals surface area contributed by atoms with Crippen molar-refractivity contribution in [1.29, 1.82) is 0 Å². The second kappa shape index (κ2) is 9.71. The second-order valence-electron chi connectivity index (χ2n) is 7.39. The van der Waals surface area contributed by atoms with Crippen molar-refractivity contribution in [3.8, 4) is 5.75 Å². The third-order valence-corrected chi connectivity index (χ3v) is 7.36. The van der Waals surface area contributed by atoms with Crippen LogP contribution in [0, 0.1) is 0 Å². The van der Waals surface area contributed by atoms with Crippen molar-refractivity contribution in [2.24, 2.45) is 0 Å². The summed E-state index contributed by atoms with van der Waals surface area (Å²) in [6, 6.07) is 4.61. The number of carbonyl (C=O) groups is 1. The zero-order chi connectivity index (χ0) is 20.0. The van der Waals surface area contributed by atoms with E-state index in [2.05, 4.69) is 5.32 Å². The molecule has 1 aromatic rings. The van der Waals surface area contributed by atoms with Crippen molar-refractivity contribution < 1.29 is 22.7 Å². The van der Waals surface area contributed by atoms with E-state index in [9.17, 15) is 13.2 Å². The Morgan fingerprint density at radius 2 is 1.75 bits per heavy atom. The van der Waals surface area contributed by atoms with Gasteiger partial charge in [0.2, 0.25) is 10.0 Å². The van der Waals surface area contributed by atoms with Crippen LogP contribution < -0.4 is 10.1 Å². The van der Waals surface area contributed by atoms with Crippen LogP contribution in [-0.4, -0.2) is 58.1 Å². The summed E-state index contributed by atoms with van der Waals surface area (Å²) in [6.07, 6.45) is 7.78. The fourth-order valence-corrected chi connectivity index (χ4v) is 5.26. The number of amides is 1. The Balaban J connectivity index is 1.81. The number of hydrogen-bond acceptors (Lipinski definition) is 5. The molecule has 8 heteroatoms. The Morgan fingerprint density at radius 3 is 2.39 bits per heavy atom. The van der Waals surface area contributed by atoms with E-state index in [0.29, 0.717) is 32.1 Å². The van der Waals surface area contributed by atoms with Crippen LogP contribution in [0.25, 0.3) is 0 Å². The third kappa shape index (κ3) is 5.04. The van der Waals surface area contributed by atoms with Crippen LogP contribution in [0.1, 0.15) is 55.3 Å². The smallest absolute Gasteiger partial charge is 0.255 e. The summed E-state index contributed by atoms with van der Waals surface area (Å²) in [7, 11) is -2.18. The van der Waals surface area contributed by atoms with Gasteiger partial charge in [-0.1, -0.05) is 32.1 Å². The number of benzene rings is 1. The van der Waals surface area contributed by atoms with Gasteiger partial charge < -0.3 is 14.8 Å². The van der Waals surface area contributed by atoms with E-state index in [1.165, 1.54) is 42.8 Å². The molecule has 0 radical (unpaired) electrons. The number of sulfonamides is 1. The molecule has 156 valence electrons. The zero-order valence-corrected chi connectivity index (χ0v) is 17.3. The lowest BCUT2D eigenvalue weighted by molar-refractivity contribution is 0.0730. The lowest BCUT2D eigenvalue weighted by atomic mass is 9.96. The highest BCUT2D eigenvalue weighted by Gasteiger charge is 2.28. The van der Waals surface area contributed by atoms with E-state index in [0.717, 1.165) is 25.7 Å². The van der Waals surface area contributed by atoms with Crippen molar-refractivity contribution in [2.45, 2.75) is 55.9 Å². The van der Waals surface area contributed by atoms with Crippen LogP contribution in [-0.2, 0) is 14.8 Å². The molecule has 0 atom stereocenters. The van der Waals surface area contributed by atoms with Gasteiger partial charge in [-0.15, -0.1) is 0 Å². The number of ether oxygens (including phenoxy) is 2. The minimum absolute atomic E-state index is 0.109. The van der Waals surface area contributed by atoms with Gasteiger partial charge in [-0.25, -0.2) is 8.42 Å². The maximum Gasteiger partial charge on any atom is 0.255 e. The molecule has 2 fully saturated rings. The summed E-state index contributed by atoms with van der Waals surface area (Å²) in [5.41, 5.74) is 0.263. The quantitative estimate of drug-likeness (QED) is 0.806. The maximum absolute atomic E-state index is 12.9. The highest BCUT2D eigenvalue weighted by Crippen LogP contribution is 2.26. The van der Waals surface area contributed by atoms with Gasteiger partial charge in [0.05, 0.1) is 30.8 Å². The first-order valence-electron chi connectivity index (χ1n) is 10.1. The molecule has 0 bridgehead atoms. The molecule has 0 aromatic heterocycles. The van der Waals surface area contributed by atoms with Gasteiger partial charge in [0.25, 0.3) is 5.91 Å². The van der Waals surface area contributed by atoms with Crippen LogP contribution in [0.15, 0.2) is 23.1 Å². The molecule has 28 heavy (non-hydrogen) atoms. The maximum atomic E-state index is 12.9. The van der Waals surface area contributed by atoms with Crippen molar-refractivity contribution in [3.05, 3.63) is 23.8 Å². The molecule has 3 rings (SSSR count). The Labute approximate surface area is 167 Å². The predicted octanol–water partition coefficient (Wildman–Crippen LogP) is 2.56. The fourth-order valence-electron chi connectivity index (χ4n) is 3.82. The van der Waals surface area contributed by atoms with Gasteiger partial charge >= 0.3 is 0 Å². The predicted molar refractivity (Wildman–Crippen MR) is 106 cm³/mol. The molecule has 1 N–H and O–H groups in total. The summed E-state index contributed by atoms with van der Waals surface area (Å²) in [4.78, 5) is 13.0. The van der Waals surface area contributed by atoms with Crippen LogP contribution in [0.3, 0.4) is 0 Å². The number of rotatable bonds is 5. The molecule has 1 saturated heterocycles. The van der Waals surface area contributed by atoms with E-state index in [4.69, 9.17) is 9.47 Å². The molecule has 1 saturated carbocycles. The molecule has 1 aliphatic carbocycles. The molecule has 2 aliphatic rings. The summed E-state index contributed by atoms with van der Waals surface area (Å²) >= 11 is 0. The summed E-state index contributed by atoms with van der Waals surface area (Å²) in [5.74, 6) is 0.103. The molecule has 0 spiro atoms. The largest absolute Gasteiger partial charge is 0.496 e. The topological polar surface area (TPSA) is 84.9 Å². The normalized spacial score (nSPS) is 20.2. The van der Waals surface area contributed by atoms with Crippen LogP contribution in [0.4, 0.5) is 0 Å². The van der Waals surface area contributed by atoms with E-state index in [1.54, 1.807) is 6.07 Å². The van der Waals surface area contributed by atoms with Gasteiger partial charge in [0, 0.05) is 19.1 Å². The van der Waals surface area contributed by atoms with Crippen LogP contribution in [0.2, 0.25) is 0 Å². The number of nitrogens with zero attached hydrogens (tertiary/aromatic N) is 1. The third-order valence-electron chi connectivity index (χ3n) is 5.46. The molecule has 7 nitrogen and oxygen atoms in total. The number of methoxy groups -OCH3 is 1. The van der Waals surface area contributed by atoms with Gasteiger partial charge in [-0.3, -0.25) is 4.79 Å². The molecule has 1 aliphatic heterocycles. The van der Waals surface area contributed by atoms with Crippen molar-refractivity contribution in [1.82, 2.24) is 9.62 Å². The van der Waals surface area contributed by atoms with E-state index < -0.39 is 10.0 Å². The molecule has 1 amide bonds. The lowest BCUT2D eigenvalue weighted by Crippen LogP contribution is -2.40. The Kier molecular flexibility index (Phi) is 7.31. The molecule has 1 heterocycles. The highest BCUT2D eigenvalue weighted by molar-refractivity contribution is 7.89. The molecule has 0 unspecified atom stereocenters. The zero-order valence-electron chi connectivity index (χ0n) is 16.5. The minimum atomic E-state index is -3.67. The van der Waals surface area contributed by atoms with Crippen molar-refractivity contribution in [3.63, 3.8) is 0 Å². The Morgan fingerprint density at radius 1 is 1.11 bits per heavy atom. The first kappa shape index (κ1) is 21.1. The summed E-state index contributed by atoms with van der Waals surface area (Å²) in [5, 5.41) is 3.09. The lowest BCUT2D eigenvalue weighted by Gasteiger charge is -2.26. The van der Waals surface area contributed by atoms with Crippen LogP contribution >= 0.6 is 0 Å². The minimum Gasteiger partial charge on any atom is -0.496 e. The summed E-state index contributed by atoms with van der Waals surface area (Å²) < 4.78 is 37.8. The Bertz CT molecular complexity index is 767. The average molecular weight is 411 g/mol. The highest BCUT2D eigenvalue weighted by atomic mass is 32.2. The van der Waals surface area contributed by atoms with Crippen molar-refractivity contribution in [2.75, 3.05) is 33.4 Å². The van der Waals surface area contributed by atoms with E-state index in [-0.39, 0.29) is 22.4 Å². The Hall–Kier alpha value is -1.64. The first-order chi connectivity index (χ1) is 13.5. The van der Waals surface area contributed by atoms with Crippen molar-refractivity contribution >= 4 is 15.9 Å². The van der Waals surface area contributed by atoms with Gasteiger partial charge in [-0.2, -0.15) is 4.31 Å². The fraction of sp³-hybridized carbons (Fsp3) is 0.650. The average Bonchev–Trinajstić information content (AvgIpc) is 2.70. The molecule has 1 aromatic carbocycles. The number of nitrogens with one attached hydrogen (secondary N) is 1. The summed E-state index contributed by atoms with van der Waals surface area (Å²) in [6.45, 7) is 1.39. The SMILES string of the molecule is COc1ccc(S(=O)(=O)N2CCOCC2)cc1C(=O)NC1CCCCCCC1. The first-order valence-corrected chi connectivity index (χ1v) is 11.5. The van der Waals surface area contributed by atoms with E-state index >= 15 is 0 Å². The van der Waals surface area contributed by atoms with Gasteiger partial charge in [0.1, 0.15) is 5.75 Å². The molecular formula is C20H30N2O5S. The van der Waals surface area contributed by atoms with E-state index in [1.807, 2.05) is 0 Å². The van der Waals surface area contributed by atoms with Gasteiger partial charge in [-0.05, 0) is 31.0 Å². The number of carbonyl (C=O) groups excluding carboxylic acids is 1. The van der Waals surface area contributed by atoms with Gasteiger partial charge in [0.15, 0.2) is 0 Å². The number of morpholine rings is 1. The molecular weight excluding hydrogens is 380 g/mol. The van der Waals surface area contributed by atoms with Crippen LogP contribution in [0.5, 0.6) is 5.75 Å². The second-order valence-corrected chi connectivity index (χ2v) is 9.33. The standard InChI is InChI=1S/C20H30N2O5S/c1-26-19-10-9-17(28(24,25)22-11-13-27-14-12-22)15-18(19)20(23)21-16-7-5-3-2-4-6-8-16/h9-10,15-16H,2-8,11-14H2,1H3,(H,21,23). The number of hydrogen-bond donors (Lipinski definition) is 1. The monoisotopic (exact) mass is 410 g/mol.